The van der Waals surface area contributed by atoms with Crippen LogP contribution in [0.25, 0.3) is 0 Å². The number of hydrogen-bond donors (Lipinski definition) is 0. The van der Waals surface area contributed by atoms with Crippen molar-refractivity contribution in [3.8, 4) is 0 Å². The molecule has 3 unspecified atom stereocenters. The van der Waals surface area contributed by atoms with E-state index >= 15 is 0 Å². The third-order valence-corrected chi connectivity index (χ3v) is 2.79. The number of ketones is 1. The van der Waals surface area contributed by atoms with E-state index in [9.17, 15) is 4.79 Å². The lowest BCUT2D eigenvalue weighted by Crippen LogP contribution is -2.00. The molecule has 2 aliphatic rings. The van der Waals surface area contributed by atoms with Crippen molar-refractivity contribution in [2.24, 2.45) is 17.8 Å². The van der Waals surface area contributed by atoms with Crippen LogP contribution in [0.3, 0.4) is 0 Å². The van der Waals surface area contributed by atoms with Crippen LogP contribution >= 0.6 is 0 Å². The van der Waals surface area contributed by atoms with Crippen molar-refractivity contribution in [3.63, 3.8) is 0 Å². The molecule has 2 rings (SSSR count). The van der Waals surface area contributed by atoms with Crippen LogP contribution in [0.4, 0.5) is 0 Å². The summed E-state index contributed by atoms with van der Waals surface area (Å²) in [6.45, 7) is 3.69. The Balaban J connectivity index is 2.01. The van der Waals surface area contributed by atoms with Gasteiger partial charge in [0.05, 0.1) is 0 Å². The highest BCUT2D eigenvalue weighted by atomic mass is 16.1. The molecular weight excluding hydrogens is 124 g/mol. The smallest absolute Gasteiger partial charge is 0.136 e. The maximum Gasteiger partial charge on any atom is 0.136 e. The van der Waals surface area contributed by atoms with Crippen molar-refractivity contribution in [1.29, 1.82) is 0 Å². The van der Waals surface area contributed by atoms with E-state index in [1.165, 1.54) is 6.42 Å². The van der Waals surface area contributed by atoms with E-state index in [0.29, 0.717) is 17.6 Å². The first-order valence-corrected chi connectivity index (χ1v) is 3.96. The number of carbonyl (C=O) groups is 1. The van der Waals surface area contributed by atoms with E-state index in [1.54, 1.807) is 0 Å². The van der Waals surface area contributed by atoms with Crippen LogP contribution in [-0.4, -0.2) is 5.78 Å². The second-order valence-electron chi connectivity index (χ2n) is 3.46. The Morgan fingerprint density at radius 1 is 1.70 bits per heavy atom. The van der Waals surface area contributed by atoms with Crippen molar-refractivity contribution in [3.05, 3.63) is 12.7 Å². The Kier molecular flexibility index (Phi) is 1.19. The van der Waals surface area contributed by atoms with E-state index in [-0.39, 0.29) is 0 Å². The van der Waals surface area contributed by atoms with Gasteiger partial charge in [0.25, 0.3) is 0 Å². The molecule has 2 fully saturated rings. The maximum absolute atomic E-state index is 11.1. The predicted molar refractivity (Wildman–Crippen MR) is 39.5 cm³/mol. The van der Waals surface area contributed by atoms with Crippen molar-refractivity contribution >= 4 is 5.78 Å². The third-order valence-electron chi connectivity index (χ3n) is 2.79. The van der Waals surface area contributed by atoms with Crippen molar-refractivity contribution < 1.29 is 4.79 Å². The molecule has 0 bridgehead atoms. The highest BCUT2D eigenvalue weighted by Gasteiger charge is 2.52. The molecule has 10 heavy (non-hydrogen) atoms. The Labute approximate surface area is 61.1 Å². The molecule has 0 aromatic carbocycles. The number of rotatable bonds is 2. The molecule has 1 nitrogen and oxygen atoms in total. The summed E-state index contributed by atoms with van der Waals surface area (Å²) in [6, 6.07) is 0. The Bertz CT molecular complexity index is 183. The summed E-state index contributed by atoms with van der Waals surface area (Å²) < 4.78 is 0. The first kappa shape index (κ1) is 6.14. The molecule has 0 saturated heterocycles. The van der Waals surface area contributed by atoms with Gasteiger partial charge in [-0.2, -0.15) is 0 Å². The summed E-state index contributed by atoms with van der Waals surface area (Å²) in [4.78, 5) is 11.1. The van der Waals surface area contributed by atoms with E-state index in [4.69, 9.17) is 0 Å². The van der Waals surface area contributed by atoms with Gasteiger partial charge in [-0.1, -0.05) is 6.08 Å². The summed E-state index contributed by atoms with van der Waals surface area (Å²) in [5.41, 5.74) is 0. The number of hydrogen-bond acceptors (Lipinski definition) is 1. The van der Waals surface area contributed by atoms with Gasteiger partial charge in [0, 0.05) is 12.3 Å². The topological polar surface area (TPSA) is 17.1 Å². The molecule has 0 N–H and O–H groups in total. The molecule has 54 valence electrons. The summed E-state index contributed by atoms with van der Waals surface area (Å²) >= 11 is 0. The fourth-order valence-electron chi connectivity index (χ4n) is 2.14. The lowest BCUT2D eigenvalue weighted by Gasteiger charge is -2.04. The Morgan fingerprint density at radius 2 is 2.50 bits per heavy atom. The standard InChI is InChI=1S/C9H12O/c1-2-3-6-4-9(10)8-5-7(6)8/h2,6-8H,1,3-5H2. The Morgan fingerprint density at radius 3 is 2.90 bits per heavy atom. The normalized spacial score (nSPS) is 43.2. The molecule has 0 aromatic heterocycles. The lowest BCUT2D eigenvalue weighted by atomic mass is 10.00. The van der Waals surface area contributed by atoms with Crippen molar-refractivity contribution in [2.45, 2.75) is 19.3 Å². The van der Waals surface area contributed by atoms with Crippen LogP contribution < -0.4 is 0 Å². The van der Waals surface area contributed by atoms with Crippen LogP contribution in [-0.2, 0) is 4.79 Å². The van der Waals surface area contributed by atoms with Gasteiger partial charge in [0.1, 0.15) is 5.78 Å². The van der Waals surface area contributed by atoms with E-state index in [0.717, 1.165) is 18.8 Å². The first-order chi connectivity index (χ1) is 4.83. The number of Topliss-reactive ketones (excluding diaryl/α,β-unsaturated/α-hetero) is 1. The molecule has 0 radical (unpaired) electrons. The molecule has 0 amide bonds. The molecule has 0 aliphatic heterocycles. The van der Waals surface area contributed by atoms with E-state index < -0.39 is 0 Å². The lowest BCUT2D eigenvalue weighted by molar-refractivity contribution is -0.119. The minimum Gasteiger partial charge on any atom is -0.299 e. The van der Waals surface area contributed by atoms with Crippen LogP contribution in [0, 0.1) is 17.8 Å². The van der Waals surface area contributed by atoms with E-state index in [1.807, 2.05) is 6.08 Å². The summed E-state index contributed by atoms with van der Waals surface area (Å²) in [6.07, 6.45) is 5.00. The summed E-state index contributed by atoms with van der Waals surface area (Å²) in [5, 5.41) is 0. The average molecular weight is 136 g/mol. The van der Waals surface area contributed by atoms with Gasteiger partial charge in [-0.15, -0.1) is 6.58 Å². The Hall–Kier alpha value is -0.590. The third kappa shape index (κ3) is 0.731. The molecule has 0 aromatic rings. The monoisotopic (exact) mass is 136 g/mol. The predicted octanol–water partition coefficient (Wildman–Crippen LogP) is 1.79. The molecule has 3 atom stereocenters. The molecule has 0 spiro atoms. The van der Waals surface area contributed by atoms with Gasteiger partial charge in [-0.3, -0.25) is 4.79 Å². The zero-order valence-corrected chi connectivity index (χ0v) is 6.05. The molecule has 1 heteroatoms. The number of carbonyl (C=O) groups excluding carboxylic acids is 1. The first-order valence-electron chi connectivity index (χ1n) is 3.96. The van der Waals surface area contributed by atoms with Gasteiger partial charge in [-0.05, 0) is 24.7 Å². The second-order valence-corrected chi connectivity index (χ2v) is 3.46. The zero-order chi connectivity index (χ0) is 7.14. The van der Waals surface area contributed by atoms with Crippen LogP contribution in [0.2, 0.25) is 0 Å². The maximum atomic E-state index is 11.1. The summed E-state index contributed by atoms with van der Waals surface area (Å²) in [5.74, 6) is 2.40. The quantitative estimate of drug-likeness (QED) is 0.529. The average Bonchev–Trinajstić information content (AvgIpc) is 2.59. The number of fused-ring (bicyclic) bond motifs is 1. The van der Waals surface area contributed by atoms with Gasteiger partial charge in [0.2, 0.25) is 0 Å². The fraction of sp³-hybridized carbons (Fsp3) is 0.667. The van der Waals surface area contributed by atoms with Crippen LogP contribution in [0.1, 0.15) is 19.3 Å². The van der Waals surface area contributed by atoms with Gasteiger partial charge >= 0.3 is 0 Å². The minimum atomic E-state index is 0.477. The van der Waals surface area contributed by atoms with E-state index in [2.05, 4.69) is 6.58 Å². The minimum absolute atomic E-state index is 0.477. The van der Waals surface area contributed by atoms with Crippen LogP contribution in [0.15, 0.2) is 12.7 Å². The SMILES string of the molecule is C=CCC1CC(=O)C2CC12. The van der Waals surface area contributed by atoms with Crippen LogP contribution in [0.5, 0.6) is 0 Å². The van der Waals surface area contributed by atoms with Gasteiger partial charge in [-0.25, -0.2) is 0 Å². The zero-order valence-electron chi connectivity index (χ0n) is 6.05. The largest absolute Gasteiger partial charge is 0.299 e. The molecule has 2 saturated carbocycles. The highest BCUT2D eigenvalue weighted by Crippen LogP contribution is 2.54. The fourth-order valence-corrected chi connectivity index (χ4v) is 2.14. The molecule has 0 heterocycles. The summed E-state index contributed by atoms with van der Waals surface area (Å²) in [7, 11) is 0. The number of allylic oxidation sites excluding steroid dienone is 1. The molecule has 2 aliphatic carbocycles. The van der Waals surface area contributed by atoms with Crippen molar-refractivity contribution in [2.75, 3.05) is 0 Å². The van der Waals surface area contributed by atoms with Gasteiger partial charge < -0.3 is 0 Å². The second kappa shape index (κ2) is 1.94. The van der Waals surface area contributed by atoms with Gasteiger partial charge in [0.15, 0.2) is 0 Å². The molecular formula is C9H12O. The highest BCUT2D eigenvalue weighted by molar-refractivity contribution is 5.86. The van der Waals surface area contributed by atoms with Crippen molar-refractivity contribution in [1.82, 2.24) is 0 Å².